The highest BCUT2D eigenvalue weighted by Gasteiger charge is 2.31. The van der Waals surface area contributed by atoms with E-state index in [-0.39, 0.29) is 16.1 Å². The lowest BCUT2D eigenvalue weighted by Gasteiger charge is -2.14. The summed E-state index contributed by atoms with van der Waals surface area (Å²) >= 11 is 14.2. The Morgan fingerprint density at radius 3 is 2.33 bits per heavy atom. The fraction of sp³-hybridized carbons (Fsp3) is 0.107. The molecule has 0 N–H and O–H groups in total. The van der Waals surface area contributed by atoms with Crippen LogP contribution in [0.3, 0.4) is 0 Å². The van der Waals surface area contributed by atoms with Crippen LogP contribution in [-0.4, -0.2) is 32.0 Å². The highest BCUT2D eigenvalue weighted by Crippen LogP contribution is 2.47. The molecule has 43 heavy (non-hydrogen) atoms. The molecular formula is C28H15Cl2F3N8S2. The van der Waals surface area contributed by atoms with Crippen molar-refractivity contribution >= 4 is 67.8 Å². The minimum atomic E-state index is -4.44. The first-order valence-corrected chi connectivity index (χ1v) is 14.5. The molecule has 0 radical (unpaired) electrons. The van der Waals surface area contributed by atoms with Gasteiger partial charge in [-0.1, -0.05) is 23.9 Å². The Balaban J connectivity index is 0.000000173. The van der Waals surface area contributed by atoms with Crippen molar-refractivity contribution in [1.82, 2.24) is 24.9 Å². The van der Waals surface area contributed by atoms with Crippen LogP contribution < -0.4 is 4.90 Å². The van der Waals surface area contributed by atoms with E-state index >= 15 is 0 Å². The van der Waals surface area contributed by atoms with Crippen molar-refractivity contribution in [1.29, 1.82) is 10.5 Å². The third-order valence-electron chi connectivity index (χ3n) is 6.00. The second kappa shape index (κ2) is 12.5. The minimum Gasteiger partial charge on any atom is -0.337 e. The zero-order valence-corrected chi connectivity index (χ0v) is 24.9. The average molecular weight is 656 g/mol. The number of alkyl halides is 3. The zero-order valence-electron chi connectivity index (χ0n) is 21.7. The molecule has 5 aromatic rings. The van der Waals surface area contributed by atoms with Crippen LogP contribution in [0.1, 0.15) is 27.9 Å². The molecule has 0 amide bonds. The Hall–Kier alpha value is -4.27. The summed E-state index contributed by atoms with van der Waals surface area (Å²) in [6.45, 7) is 0. The van der Waals surface area contributed by atoms with Gasteiger partial charge < -0.3 is 4.90 Å². The predicted octanol–water partition coefficient (Wildman–Crippen LogP) is 7.98. The van der Waals surface area contributed by atoms with Gasteiger partial charge in [-0.2, -0.15) is 23.7 Å². The number of benzene rings is 2. The molecule has 4 heterocycles. The summed E-state index contributed by atoms with van der Waals surface area (Å²) in [6, 6.07) is 18.8. The molecule has 2 aromatic carbocycles. The van der Waals surface area contributed by atoms with Crippen LogP contribution in [0.4, 0.5) is 18.9 Å². The first kappa shape index (κ1) is 30.2. The first-order valence-electron chi connectivity index (χ1n) is 12.1. The van der Waals surface area contributed by atoms with Crippen molar-refractivity contribution in [2.45, 2.75) is 17.0 Å². The maximum Gasteiger partial charge on any atom is 0.416 e. The number of rotatable bonds is 3. The minimum absolute atomic E-state index is 0.0109. The zero-order chi connectivity index (χ0) is 30.7. The Morgan fingerprint density at radius 2 is 1.67 bits per heavy atom. The van der Waals surface area contributed by atoms with Gasteiger partial charge >= 0.3 is 6.18 Å². The van der Waals surface area contributed by atoms with E-state index in [1.165, 1.54) is 18.3 Å². The first-order chi connectivity index (χ1) is 20.6. The van der Waals surface area contributed by atoms with Gasteiger partial charge in [0.25, 0.3) is 0 Å². The monoisotopic (exact) mass is 654 g/mol. The number of allylic oxidation sites excluding steroid dienone is 1. The number of nitrogens with zero attached hydrogens (tertiary/aromatic N) is 8. The number of thiazole rings is 1. The molecule has 0 aliphatic carbocycles. The van der Waals surface area contributed by atoms with Crippen LogP contribution in [0, 0.1) is 22.7 Å². The molecule has 8 nitrogen and oxygen atoms in total. The number of fused-ring (bicyclic) bond motifs is 2. The van der Waals surface area contributed by atoms with Crippen LogP contribution in [0.15, 0.2) is 76.9 Å². The maximum absolute atomic E-state index is 12.7. The molecule has 0 saturated heterocycles. The smallest absolute Gasteiger partial charge is 0.337 e. The van der Waals surface area contributed by atoms with Gasteiger partial charge in [-0.3, -0.25) is 0 Å². The van der Waals surface area contributed by atoms with E-state index in [2.05, 4.69) is 31.0 Å². The lowest BCUT2D eigenvalue weighted by molar-refractivity contribution is -0.137. The van der Waals surface area contributed by atoms with Crippen molar-refractivity contribution in [3.63, 3.8) is 0 Å². The van der Waals surface area contributed by atoms with E-state index in [0.29, 0.717) is 26.7 Å². The lowest BCUT2D eigenvalue weighted by Crippen LogP contribution is -2.11. The number of hydrogen-bond donors (Lipinski definition) is 0. The van der Waals surface area contributed by atoms with E-state index in [1.807, 2.05) is 42.3 Å². The van der Waals surface area contributed by atoms with Gasteiger partial charge in [0.15, 0.2) is 0 Å². The number of anilines is 1. The van der Waals surface area contributed by atoms with Gasteiger partial charge in [0, 0.05) is 24.3 Å². The number of thioether (sulfide) groups is 1. The Kier molecular flexibility index (Phi) is 8.80. The van der Waals surface area contributed by atoms with Crippen LogP contribution in [-0.2, 0) is 6.18 Å². The standard InChI is InChI=1S/C14H6ClF3N4S.C14H9ClN4S/c15-13-20-4-3-9(22-13)8(6-19)12-21-10-5-7(14(16,17)18)1-2-11(10)23-12;1-19-11-4-2-3-5-12(11)20-13(19)9(8-16)10-6-7-17-14(15)18-10/h1-5,8H;2-7H,1H3/b;13-9-. The molecule has 3 aromatic heterocycles. The van der Waals surface area contributed by atoms with Crippen molar-refractivity contribution in [2.24, 2.45) is 0 Å². The summed E-state index contributed by atoms with van der Waals surface area (Å²) in [7, 11) is 1.94. The highest BCUT2D eigenvalue weighted by molar-refractivity contribution is 8.04. The van der Waals surface area contributed by atoms with Crippen molar-refractivity contribution in [2.75, 3.05) is 11.9 Å². The normalized spacial score (nSPS) is 14.3. The fourth-order valence-electron chi connectivity index (χ4n) is 4.01. The third kappa shape index (κ3) is 6.55. The molecule has 0 bridgehead atoms. The second-order valence-electron chi connectivity index (χ2n) is 8.68. The van der Waals surface area contributed by atoms with E-state index < -0.39 is 17.7 Å². The molecule has 0 fully saturated rings. The lowest BCUT2D eigenvalue weighted by atomic mass is 10.1. The molecule has 0 spiro atoms. The number of aromatic nitrogens is 5. The summed E-state index contributed by atoms with van der Waals surface area (Å²) in [6.07, 6.45) is -1.48. The Morgan fingerprint density at radius 1 is 0.953 bits per heavy atom. The molecule has 214 valence electrons. The van der Waals surface area contributed by atoms with Crippen LogP contribution in [0.5, 0.6) is 0 Å². The second-order valence-corrected chi connectivity index (χ2v) is 11.4. The molecule has 15 heteroatoms. The maximum atomic E-state index is 12.7. The molecule has 1 unspecified atom stereocenters. The summed E-state index contributed by atoms with van der Waals surface area (Å²) in [5.74, 6) is -0.817. The fourth-order valence-corrected chi connectivity index (χ4v) is 6.47. The molecule has 1 atom stereocenters. The van der Waals surface area contributed by atoms with Crippen molar-refractivity contribution in [3.05, 3.63) is 105 Å². The summed E-state index contributed by atoms with van der Waals surface area (Å²) in [5, 5.41) is 20.2. The highest BCUT2D eigenvalue weighted by atomic mass is 35.5. The molecule has 6 rings (SSSR count). The molecular weight excluding hydrogens is 640 g/mol. The number of hydrogen-bond acceptors (Lipinski definition) is 10. The van der Waals surface area contributed by atoms with Gasteiger partial charge in [-0.05, 0) is 65.7 Å². The number of halogens is 5. The Labute approximate surface area is 261 Å². The van der Waals surface area contributed by atoms with E-state index in [1.54, 1.807) is 24.0 Å². The van der Waals surface area contributed by atoms with Crippen LogP contribution >= 0.6 is 46.3 Å². The average Bonchev–Trinajstić information content (AvgIpc) is 3.55. The van der Waals surface area contributed by atoms with E-state index in [4.69, 9.17) is 23.2 Å². The SMILES string of the molecule is CN1/C(=C(\C#N)c2ccnc(Cl)n2)Sc2ccccc21.N#CC(c1ccnc(Cl)n1)c1nc2cc(C(F)(F)F)ccc2s1. The third-order valence-corrected chi connectivity index (χ3v) is 8.70. The topological polar surface area (TPSA) is 115 Å². The molecule has 1 aliphatic heterocycles. The van der Waals surface area contributed by atoms with Gasteiger partial charge in [0.2, 0.25) is 10.6 Å². The van der Waals surface area contributed by atoms with Gasteiger partial charge in [-0.25, -0.2) is 24.9 Å². The quantitative estimate of drug-likeness (QED) is 0.141. The van der Waals surface area contributed by atoms with Crippen molar-refractivity contribution < 1.29 is 13.2 Å². The molecule has 1 aliphatic rings. The molecule has 0 saturated carbocycles. The summed E-state index contributed by atoms with van der Waals surface area (Å²) in [5.41, 5.74) is 1.89. The summed E-state index contributed by atoms with van der Waals surface area (Å²) < 4.78 is 38.8. The van der Waals surface area contributed by atoms with Crippen molar-refractivity contribution in [3.8, 4) is 12.1 Å². The van der Waals surface area contributed by atoms with Gasteiger partial charge in [-0.15, -0.1) is 11.3 Å². The number of para-hydroxylation sites is 1. The van der Waals surface area contributed by atoms with E-state index in [0.717, 1.165) is 39.1 Å². The van der Waals surface area contributed by atoms with Gasteiger partial charge in [0.05, 0.1) is 38.9 Å². The predicted molar refractivity (Wildman–Crippen MR) is 159 cm³/mol. The van der Waals surface area contributed by atoms with Crippen LogP contribution in [0.25, 0.3) is 15.8 Å². The largest absolute Gasteiger partial charge is 0.416 e. The van der Waals surface area contributed by atoms with Crippen LogP contribution in [0.2, 0.25) is 10.6 Å². The Bertz CT molecular complexity index is 1950. The van der Waals surface area contributed by atoms with Gasteiger partial charge in [0.1, 0.15) is 27.6 Å². The summed E-state index contributed by atoms with van der Waals surface area (Å²) in [4.78, 5) is 22.9. The van der Waals surface area contributed by atoms with E-state index in [9.17, 15) is 23.7 Å². The number of nitriles is 2.